The Hall–Kier alpha value is -3.28. The maximum absolute atomic E-state index is 11.7. The molecule has 0 aliphatic carbocycles. The number of ether oxygens (including phenoxy) is 2. The predicted octanol–water partition coefficient (Wildman–Crippen LogP) is 4.61. The number of rotatable bonds is 11. The standard InChI is InChI=1S/C25H31N3O3/c1-5-10-20-13-14-23(24(17-20)30-4)31-16-9-8-15-28-22-12-7-6-11-21(22)26-25(28)18-27(3)19(2)29/h5-7,11-14,17H,1,8-10,15-16,18H2,2-4H3. The number of amides is 1. The highest BCUT2D eigenvalue weighted by Gasteiger charge is 2.13. The van der Waals surface area contributed by atoms with Gasteiger partial charge in [0.25, 0.3) is 0 Å². The van der Waals surface area contributed by atoms with E-state index < -0.39 is 0 Å². The third kappa shape index (κ3) is 5.66. The molecule has 6 nitrogen and oxygen atoms in total. The van der Waals surface area contributed by atoms with Crippen LogP contribution in [0.25, 0.3) is 11.0 Å². The molecule has 0 aliphatic rings. The number of imidazole rings is 1. The molecule has 0 atom stereocenters. The van der Waals surface area contributed by atoms with Gasteiger partial charge in [0.05, 0.1) is 31.3 Å². The summed E-state index contributed by atoms with van der Waals surface area (Å²) in [6, 6.07) is 14.1. The Bertz CT molecular complexity index is 1040. The molecule has 2 aromatic carbocycles. The molecule has 0 fully saturated rings. The molecule has 0 aliphatic heterocycles. The van der Waals surface area contributed by atoms with E-state index in [2.05, 4.69) is 17.2 Å². The predicted molar refractivity (Wildman–Crippen MR) is 124 cm³/mol. The van der Waals surface area contributed by atoms with E-state index in [1.165, 1.54) is 0 Å². The second-order valence-electron chi connectivity index (χ2n) is 7.58. The number of fused-ring (bicyclic) bond motifs is 1. The Morgan fingerprint density at radius 1 is 1.19 bits per heavy atom. The van der Waals surface area contributed by atoms with Crippen LogP contribution in [-0.2, 0) is 24.3 Å². The van der Waals surface area contributed by atoms with Crippen molar-refractivity contribution in [1.82, 2.24) is 14.5 Å². The molecule has 31 heavy (non-hydrogen) atoms. The van der Waals surface area contributed by atoms with Gasteiger partial charge in [-0.1, -0.05) is 24.3 Å². The molecule has 0 bridgehead atoms. The number of methoxy groups -OCH3 is 1. The summed E-state index contributed by atoms with van der Waals surface area (Å²) in [6.45, 7) is 7.27. The topological polar surface area (TPSA) is 56.6 Å². The van der Waals surface area contributed by atoms with Gasteiger partial charge in [-0.15, -0.1) is 6.58 Å². The van der Waals surface area contributed by atoms with Crippen LogP contribution >= 0.6 is 0 Å². The van der Waals surface area contributed by atoms with Crippen molar-refractivity contribution in [1.29, 1.82) is 0 Å². The first-order valence-corrected chi connectivity index (χ1v) is 10.6. The highest BCUT2D eigenvalue weighted by atomic mass is 16.5. The van der Waals surface area contributed by atoms with E-state index in [9.17, 15) is 4.79 Å². The summed E-state index contributed by atoms with van der Waals surface area (Å²) in [5.74, 6) is 2.43. The summed E-state index contributed by atoms with van der Waals surface area (Å²) in [5, 5.41) is 0. The van der Waals surface area contributed by atoms with Gasteiger partial charge in [-0.2, -0.15) is 0 Å². The van der Waals surface area contributed by atoms with Crippen molar-refractivity contribution in [3.63, 3.8) is 0 Å². The zero-order valence-electron chi connectivity index (χ0n) is 18.6. The summed E-state index contributed by atoms with van der Waals surface area (Å²) in [7, 11) is 3.46. The Morgan fingerprint density at radius 3 is 2.74 bits per heavy atom. The monoisotopic (exact) mass is 421 g/mol. The summed E-state index contributed by atoms with van der Waals surface area (Å²) < 4.78 is 13.6. The molecule has 3 aromatic rings. The van der Waals surface area contributed by atoms with Crippen molar-refractivity contribution in [2.75, 3.05) is 20.8 Å². The average Bonchev–Trinajstić information content (AvgIpc) is 3.11. The summed E-state index contributed by atoms with van der Waals surface area (Å²) in [4.78, 5) is 18.1. The van der Waals surface area contributed by atoms with E-state index in [1.807, 2.05) is 42.5 Å². The molecule has 1 amide bonds. The van der Waals surface area contributed by atoms with Gasteiger partial charge in [0.1, 0.15) is 5.82 Å². The fourth-order valence-electron chi connectivity index (χ4n) is 3.50. The van der Waals surface area contributed by atoms with E-state index in [4.69, 9.17) is 14.5 Å². The third-order valence-corrected chi connectivity index (χ3v) is 5.29. The maximum atomic E-state index is 11.7. The first-order chi connectivity index (χ1) is 15.0. The number of carbonyl (C=O) groups excluding carboxylic acids is 1. The quantitative estimate of drug-likeness (QED) is 0.335. The van der Waals surface area contributed by atoms with Gasteiger partial charge in [0.2, 0.25) is 5.91 Å². The van der Waals surface area contributed by atoms with Gasteiger partial charge in [0.15, 0.2) is 11.5 Å². The van der Waals surface area contributed by atoms with Gasteiger partial charge >= 0.3 is 0 Å². The van der Waals surface area contributed by atoms with Crippen molar-refractivity contribution >= 4 is 16.9 Å². The molecule has 1 heterocycles. The maximum Gasteiger partial charge on any atom is 0.219 e. The number of unbranched alkanes of at least 4 members (excludes halogenated alkanes) is 1. The number of para-hydroxylation sites is 2. The van der Waals surface area contributed by atoms with Gasteiger partial charge in [-0.3, -0.25) is 4.79 Å². The molecule has 164 valence electrons. The van der Waals surface area contributed by atoms with Crippen molar-refractivity contribution < 1.29 is 14.3 Å². The zero-order valence-corrected chi connectivity index (χ0v) is 18.6. The lowest BCUT2D eigenvalue weighted by molar-refractivity contribution is -0.128. The first kappa shape index (κ1) is 22.4. The lowest BCUT2D eigenvalue weighted by Gasteiger charge is -2.16. The number of aryl methyl sites for hydroxylation is 1. The highest BCUT2D eigenvalue weighted by molar-refractivity contribution is 5.76. The van der Waals surface area contributed by atoms with Gasteiger partial charge in [-0.25, -0.2) is 4.98 Å². The van der Waals surface area contributed by atoms with Crippen LogP contribution in [0, 0.1) is 0 Å². The van der Waals surface area contributed by atoms with E-state index in [1.54, 1.807) is 26.0 Å². The molecular weight excluding hydrogens is 390 g/mol. The number of allylic oxidation sites excluding steroid dienone is 1. The minimum Gasteiger partial charge on any atom is -0.493 e. The number of aromatic nitrogens is 2. The molecule has 0 unspecified atom stereocenters. The van der Waals surface area contributed by atoms with Crippen molar-refractivity contribution in [3.8, 4) is 11.5 Å². The fourth-order valence-corrected chi connectivity index (χ4v) is 3.50. The minimum absolute atomic E-state index is 0.0278. The Labute approximate surface area is 184 Å². The molecule has 0 radical (unpaired) electrons. The smallest absolute Gasteiger partial charge is 0.219 e. The van der Waals surface area contributed by atoms with Crippen LogP contribution in [0.5, 0.6) is 11.5 Å². The molecule has 0 saturated heterocycles. The molecular formula is C25H31N3O3. The molecule has 0 spiro atoms. The van der Waals surface area contributed by atoms with Crippen LogP contribution in [0.2, 0.25) is 0 Å². The Morgan fingerprint density at radius 2 is 2.00 bits per heavy atom. The highest BCUT2D eigenvalue weighted by Crippen LogP contribution is 2.28. The Balaban J connectivity index is 1.60. The summed E-state index contributed by atoms with van der Waals surface area (Å²) >= 11 is 0. The molecule has 0 N–H and O–H groups in total. The minimum atomic E-state index is 0.0278. The molecule has 0 saturated carbocycles. The summed E-state index contributed by atoms with van der Waals surface area (Å²) in [6.07, 6.45) is 4.51. The lowest BCUT2D eigenvalue weighted by atomic mass is 10.1. The number of nitrogens with zero attached hydrogens (tertiary/aromatic N) is 3. The molecule has 6 heteroatoms. The van der Waals surface area contributed by atoms with Crippen molar-refractivity contribution in [3.05, 3.63) is 66.5 Å². The second-order valence-corrected chi connectivity index (χ2v) is 7.58. The number of carbonyl (C=O) groups is 1. The second kappa shape index (κ2) is 10.7. The van der Waals surface area contributed by atoms with E-state index in [-0.39, 0.29) is 5.91 Å². The van der Waals surface area contributed by atoms with Crippen LogP contribution in [-0.4, -0.2) is 41.1 Å². The molecule has 1 aromatic heterocycles. The van der Waals surface area contributed by atoms with E-state index in [0.717, 1.165) is 59.7 Å². The SMILES string of the molecule is C=CCc1ccc(OCCCCn2c(CN(C)C(C)=O)nc3ccccc32)c(OC)c1. The van der Waals surface area contributed by atoms with E-state index >= 15 is 0 Å². The van der Waals surface area contributed by atoms with Gasteiger partial charge in [-0.05, 0) is 49.1 Å². The van der Waals surface area contributed by atoms with Crippen LogP contribution in [0.15, 0.2) is 55.1 Å². The first-order valence-electron chi connectivity index (χ1n) is 10.6. The summed E-state index contributed by atoms with van der Waals surface area (Å²) in [5.41, 5.74) is 3.19. The zero-order chi connectivity index (χ0) is 22.2. The third-order valence-electron chi connectivity index (χ3n) is 5.29. The van der Waals surface area contributed by atoms with Gasteiger partial charge < -0.3 is 18.9 Å². The van der Waals surface area contributed by atoms with Crippen LogP contribution in [0.3, 0.4) is 0 Å². The Kier molecular flexibility index (Phi) is 7.70. The number of hydrogen-bond donors (Lipinski definition) is 0. The number of benzene rings is 2. The van der Waals surface area contributed by atoms with Crippen LogP contribution < -0.4 is 9.47 Å². The van der Waals surface area contributed by atoms with Crippen LogP contribution in [0.4, 0.5) is 0 Å². The van der Waals surface area contributed by atoms with Crippen molar-refractivity contribution in [2.24, 2.45) is 0 Å². The lowest BCUT2D eigenvalue weighted by Crippen LogP contribution is -2.25. The fraction of sp³-hybridized carbons (Fsp3) is 0.360. The van der Waals surface area contributed by atoms with Crippen molar-refractivity contribution in [2.45, 2.75) is 39.3 Å². The van der Waals surface area contributed by atoms with Gasteiger partial charge in [0, 0.05) is 20.5 Å². The normalized spacial score (nSPS) is 10.8. The average molecular weight is 422 g/mol. The van der Waals surface area contributed by atoms with E-state index in [0.29, 0.717) is 13.2 Å². The molecule has 3 rings (SSSR count). The largest absolute Gasteiger partial charge is 0.493 e. The number of hydrogen-bond acceptors (Lipinski definition) is 4. The van der Waals surface area contributed by atoms with Crippen LogP contribution in [0.1, 0.15) is 31.2 Å².